The van der Waals surface area contributed by atoms with Crippen LogP contribution in [0.1, 0.15) is 6.92 Å². The average Bonchev–Trinajstić information content (AvgIpc) is 2.88. The van der Waals surface area contributed by atoms with Crippen LogP contribution in [0.3, 0.4) is 0 Å². The normalized spacial score (nSPS) is 11.3. The van der Waals surface area contributed by atoms with E-state index < -0.39 is 10.0 Å². The molecule has 0 fully saturated rings. The van der Waals surface area contributed by atoms with E-state index >= 15 is 0 Å². The molecule has 19 heavy (non-hydrogen) atoms. The van der Waals surface area contributed by atoms with Gasteiger partial charge in [0.15, 0.2) is 0 Å². The molecule has 6 nitrogen and oxygen atoms in total. The predicted octanol–water partition coefficient (Wildman–Crippen LogP) is 1.71. The Morgan fingerprint density at radius 1 is 1.42 bits per heavy atom. The minimum atomic E-state index is -3.62. The highest BCUT2D eigenvalue weighted by Crippen LogP contribution is 2.20. The Kier molecular flexibility index (Phi) is 3.75. The van der Waals surface area contributed by atoms with Gasteiger partial charge in [-0.1, -0.05) is 6.07 Å². The molecule has 0 aliphatic heterocycles. The number of benzene rings is 1. The van der Waals surface area contributed by atoms with E-state index in [1.54, 1.807) is 28.9 Å². The van der Waals surface area contributed by atoms with Crippen molar-refractivity contribution in [3.63, 3.8) is 0 Å². The molecule has 102 valence electrons. The summed E-state index contributed by atoms with van der Waals surface area (Å²) in [7, 11) is -2.09. The lowest BCUT2D eigenvalue weighted by atomic mass is 10.3. The summed E-state index contributed by atoms with van der Waals surface area (Å²) in [4.78, 5) is 0.136. The van der Waals surface area contributed by atoms with Crippen LogP contribution < -0.4 is 9.46 Å². The zero-order valence-corrected chi connectivity index (χ0v) is 11.5. The van der Waals surface area contributed by atoms with Gasteiger partial charge in [0.05, 0.1) is 19.0 Å². The van der Waals surface area contributed by atoms with Gasteiger partial charge in [0.2, 0.25) is 0 Å². The summed E-state index contributed by atoms with van der Waals surface area (Å²) in [5.74, 6) is 0.587. The minimum absolute atomic E-state index is 0.136. The Morgan fingerprint density at radius 3 is 2.84 bits per heavy atom. The third-order valence-corrected chi connectivity index (χ3v) is 3.90. The van der Waals surface area contributed by atoms with Crippen LogP contribution in [0.5, 0.6) is 5.75 Å². The van der Waals surface area contributed by atoms with E-state index in [4.69, 9.17) is 4.74 Å². The summed E-state index contributed by atoms with van der Waals surface area (Å²) in [6, 6.07) is 6.73. The van der Waals surface area contributed by atoms with Gasteiger partial charge in [0, 0.05) is 18.8 Å². The third-order valence-electron chi connectivity index (χ3n) is 2.57. The van der Waals surface area contributed by atoms with Crippen molar-refractivity contribution in [2.75, 3.05) is 11.8 Å². The van der Waals surface area contributed by atoms with Crippen molar-refractivity contribution in [1.82, 2.24) is 9.78 Å². The quantitative estimate of drug-likeness (QED) is 0.905. The van der Waals surface area contributed by atoms with E-state index in [9.17, 15) is 8.42 Å². The van der Waals surface area contributed by atoms with Gasteiger partial charge in [-0.25, -0.2) is 8.42 Å². The van der Waals surface area contributed by atoms with Gasteiger partial charge in [-0.2, -0.15) is 5.10 Å². The van der Waals surface area contributed by atoms with E-state index in [1.165, 1.54) is 19.5 Å². The maximum absolute atomic E-state index is 12.1. The standard InChI is InChI=1S/C12H15N3O3S/c1-3-15-9-12(8-13-15)19(16,17)14-10-5-4-6-11(7-10)18-2/h4-9,14H,3H2,1-2H3. The fourth-order valence-electron chi connectivity index (χ4n) is 1.56. The van der Waals surface area contributed by atoms with Crippen molar-refractivity contribution in [3.8, 4) is 5.75 Å². The predicted molar refractivity (Wildman–Crippen MR) is 71.7 cm³/mol. The Balaban J connectivity index is 2.25. The maximum Gasteiger partial charge on any atom is 0.265 e. The molecule has 0 aliphatic rings. The van der Waals surface area contributed by atoms with Gasteiger partial charge in [-0.05, 0) is 19.1 Å². The zero-order valence-electron chi connectivity index (χ0n) is 10.7. The van der Waals surface area contributed by atoms with E-state index in [1.807, 2.05) is 6.92 Å². The number of nitrogens with one attached hydrogen (secondary N) is 1. The highest BCUT2D eigenvalue weighted by atomic mass is 32.2. The summed E-state index contributed by atoms with van der Waals surface area (Å²) in [6.45, 7) is 2.51. The zero-order chi connectivity index (χ0) is 13.9. The molecule has 1 aromatic heterocycles. The van der Waals surface area contributed by atoms with E-state index in [-0.39, 0.29) is 4.90 Å². The number of ether oxygens (including phenoxy) is 1. The van der Waals surface area contributed by atoms with Crippen molar-refractivity contribution in [2.24, 2.45) is 0 Å². The first-order valence-corrected chi connectivity index (χ1v) is 7.23. The smallest absolute Gasteiger partial charge is 0.265 e. The molecule has 0 atom stereocenters. The molecule has 2 rings (SSSR count). The monoisotopic (exact) mass is 281 g/mol. The molecule has 1 aromatic carbocycles. The summed E-state index contributed by atoms with van der Waals surface area (Å²) in [5.41, 5.74) is 0.448. The van der Waals surface area contributed by atoms with Gasteiger partial charge in [-0.15, -0.1) is 0 Å². The number of rotatable bonds is 5. The lowest BCUT2D eigenvalue weighted by Gasteiger charge is -2.07. The first-order valence-electron chi connectivity index (χ1n) is 5.74. The van der Waals surface area contributed by atoms with Crippen LogP contribution in [0, 0.1) is 0 Å². The molecule has 1 N–H and O–H groups in total. The summed E-state index contributed by atoms with van der Waals surface area (Å²) in [6.07, 6.45) is 2.81. The van der Waals surface area contributed by atoms with Gasteiger partial charge >= 0.3 is 0 Å². The Bertz CT molecular complexity index is 664. The summed E-state index contributed by atoms with van der Waals surface area (Å²) < 4.78 is 33.3. The molecule has 0 spiro atoms. The topological polar surface area (TPSA) is 73.2 Å². The molecule has 0 bridgehead atoms. The van der Waals surface area contributed by atoms with Crippen LogP contribution in [0.25, 0.3) is 0 Å². The molecule has 0 aliphatic carbocycles. The molecule has 7 heteroatoms. The van der Waals surface area contributed by atoms with Gasteiger partial charge in [-0.3, -0.25) is 9.40 Å². The second-order valence-electron chi connectivity index (χ2n) is 3.87. The highest BCUT2D eigenvalue weighted by molar-refractivity contribution is 7.92. The lowest BCUT2D eigenvalue weighted by Crippen LogP contribution is -2.12. The van der Waals surface area contributed by atoms with Crippen molar-refractivity contribution in [1.29, 1.82) is 0 Å². The van der Waals surface area contributed by atoms with Gasteiger partial charge < -0.3 is 4.74 Å². The molecule has 2 aromatic rings. The van der Waals surface area contributed by atoms with Crippen LogP contribution in [-0.2, 0) is 16.6 Å². The van der Waals surface area contributed by atoms with Gasteiger partial charge in [0.25, 0.3) is 10.0 Å². The molecule has 0 amide bonds. The second kappa shape index (κ2) is 5.31. The number of nitrogens with zero attached hydrogens (tertiary/aromatic N) is 2. The fraction of sp³-hybridized carbons (Fsp3) is 0.250. The first kappa shape index (κ1) is 13.4. The molecule has 1 heterocycles. The SMILES string of the molecule is CCn1cc(S(=O)(=O)Nc2cccc(OC)c2)cn1. The largest absolute Gasteiger partial charge is 0.497 e. The average molecular weight is 281 g/mol. The number of hydrogen-bond acceptors (Lipinski definition) is 4. The number of aromatic nitrogens is 2. The van der Waals surface area contributed by atoms with Crippen molar-refractivity contribution in [3.05, 3.63) is 36.7 Å². The lowest BCUT2D eigenvalue weighted by molar-refractivity contribution is 0.415. The highest BCUT2D eigenvalue weighted by Gasteiger charge is 2.16. The first-order chi connectivity index (χ1) is 9.05. The van der Waals surface area contributed by atoms with Crippen molar-refractivity contribution in [2.45, 2.75) is 18.4 Å². The van der Waals surface area contributed by atoms with E-state index in [2.05, 4.69) is 9.82 Å². The van der Waals surface area contributed by atoms with Crippen LogP contribution in [0.15, 0.2) is 41.6 Å². The van der Waals surface area contributed by atoms with E-state index in [0.717, 1.165) is 0 Å². The third kappa shape index (κ3) is 3.05. The van der Waals surface area contributed by atoms with Crippen LogP contribution in [0.4, 0.5) is 5.69 Å². The van der Waals surface area contributed by atoms with Crippen molar-refractivity contribution < 1.29 is 13.2 Å². The number of sulfonamides is 1. The molecule has 0 saturated heterocycles. The Morgan fingerprint density at radius 2 is 2.21 bits per heavy atom. The molecule has 0 saturated carbocycles. The summed E-state index contributed by atoms with van der Waals surface area (Å²) >= 11 is 0. The summed E-state index contributed by atoms with van der Waals surface area (Å²) in [5, 5.41) is 3.95. The Labute approximate surface area is 112 Å². The number of hydrogen-bond donors (Lipinski definition) is 1. The van der Waals surface area contributed by atoms with Crippen LogP contribution in [0.2, 0.25) is 0 Å². The second-order valence-corrected chi connectivity index (χ2v) is 5.55. The molecular weight excluding hydrogens is 266 g/mol. The number of anilines is 1. The fourth-order valence-corrected chi connectivity index (χ4v) is 2.56. The van der Waals surface area contributed by atoms with Crippen LogP contribution in [-0.4, -0.2) is 25.3 Å². The number of methoxy groups -OCH3 is 1. The minimum Gasteiger partial charge on any atom is -0.497 e. The Hall–Kier alpha value is -2.02. The van der Waals surface area contributed by atoms with Crippen LogP contribution >= 0.6 is 0 Å². The van der Waals surface area contributed by atoms with E-state index in [0.29, 0.717) is 18.0 Å². The number of aryl methyl sites for hydroxylation is 1. The maximum atomic E-state index is 12.1. The van der Waals surface area contributed by atoms with Gasteiger partial charge in [0.1, 0.15) is 10.6 Å². The molecule has 0 radical (unpaired) electrons. The molecule has 0 unspecified atom stereocenters. The van der Waals surface area contributed by atoms with Crippen molar-refractivity contribution >= 4 is 15.7 Å². The molecular formula is C12H15N3O3S.